The maximum absolute atomic E-state index is 12.2. The fourth-order valence-corrected chi connectivity index (χ4v) is 2.49. The maximum Gasteiger partial charge on any atom is 0.224 e. The molecule has 0 saturated carbocycles. The predicted molar refractivity (Wildman–Crippen MR) is 74.8 cm³/mol. The largest absolute Gasteiger partial charge is 0.395 e. The van der Waals surface area contributed by atoms with E-state index in [4.69, 9.17) is 5.11 Å². The van der Waals surface area contributed by atoms with Gasteiger partial charge >= 0.3 is 0 Å². The summed E-state index contributed by atoms with van der Waals surface area (Å²) >= 11 is 0. The zero-order valence-electron chi connectivity index (χ0n) is 11.8. The molecule has 0 spiro atoms. The number of hydrogen-bond donors (Lipinski definition) is 3. The lowest BCUT2D eigenvalue weighted by Gasteiger charge is -2.25. The van der Waals surface area contributed by atoms with Gasteiger partial charge in [0.05, 0.1) is 25.2 Å². The highest BCUT2D eigenvalue weighted by Crippen LogP contribution is 2.20. The number of likely N-dealkylation sites (tertiary alicyclic amines) is 1. The number of aliphatic hydroxyl groups is 2. The third-order valence-corrected chi connectivity index (χ3v) is 3.56. The van der Waals surface area contributed by atoms with Crippen molar-refractivity contribution in [2.75, 3.05) is 26.3 Å². The highest BCUT2D eigenvalue weighted by molar-refractivity contribution is 5.86. The van der Waals surface area contributed by atoms with Crippen LogP contribution in [0.4, 0.5) is 0 Å². The molecule has 1 rings (SSSR count). The van der Waals surface area contributed by atoms with Gasteiger partial charge in [-0.15, -0.1) is 6.58 Å². The minimum atomic E-state index is -0.466. The summed E-state index contributed by atoms with van der Waals surface area (Å²) in [6.45, 7) is 4.27. The fourth-order valence-electron chi connectivity index (χ4n) is 2.49. The summed E-state index contributed by atoms with van der Waals surface area (Å²) in [7, 11) is 0. The topological polar surface area (TPSA) is 89.9 Å². The van der Waals surface area contributed by atoms with Crippen LogP contribution in [0.15, 0.2) is 12.7 Å². The normalized spacial score (nSPS) is 19.7. The predicted octanol–water partition coefficient (Wildman–Crippen LogP) is -0.339. The Hall–Kier alpha value is -1.40. The molecule has 1 heterocycles. The Morgan fingerprint density at radius 3 is 2.80 bits per heavy atom. The summed E-state index contributed by atoms with van der Waals surface area (Å²) in [4.78, 5) is 25.8. The zero-order chi connectivity index (χ0) is 15.0. The molecule has 0 radical (unpaired) electrons. The van der Waals surface area contributed by atoms with E-state index < -0.39 is 5.92 Å². The number of carbonyl (C=O) groups is 2. The van der Waals surface area contributed by atoms with E-state index in [1.165, 1.54) is 0 Å². The number of rotatable bonds is 8. The Bertz CT molecular complexity index is 346. The standard InChI is InChI=1S/C14H24N2O4/c1-2-4-11(14(20)15-6-8-17)9-13(19)16-7-3-5-12(16)10-18/h2,11-12,17-18H,1,3-10H2,(H,15,20)/t11-,12-/m0/s1. The second-order valence-electron chi connectivity index (χ2n) is 5.01. The molecule has 3 N–H and O–H groups in total. The molecule has 114 valence electrons. The number of carbonyl (C=O) groups excluding carboxylic acids is 2. The molecule has 1 saturated heterocycles. The molecule has 20 heavy (non-hydrogen) atoms. The molecule has 6 nitrogen and oxygen atoms in total. The number of amides is 2. The average Bonchev–Trinajstić information content (AvgIpc) is 2.92. The van der Waals surface area contributed by atoms with Crippen LogP contribution in [0.1, 0.15) is 25.7 Å². The average molecular weight is 284 g/mol. The van der Waals surface area contributed by atoms with Crippen molar-refractivity contribution < 1.29 is 19.8 Å². The second kappa shape index (κ2) is 8.71. The molecule has 0 aromatic heterocycles. The first-order chi connectivity index (χ1) is 9.63. The van der Waals surface area contributed by atoms with Gasteiger partial charge in [0.25, 0.3) is 0 Å². The second-order valence-corrected chi connectivity index (χ2v) is 5.01. The summed E-state index contributed by atoms with van der Waals surface area (Å²) in [5.41, 5.74) is 0. The summed E-state index contributed by atoms with van der Waals surface area (Å²) in [5.74, 6) is -0.814. The number of aliphatic hydroxyl groups excluding tert-OH is 2. The fraction of sp³-hybridized carbons (Fsp3) is 0.714. The van der Waals surface area contributed by atoms with Gasteiger partial charge in [0.15, 0.2) is 0 Å². The maximum atomic E-state index is 12.2. The lowest BCUT2D eigenvalue weighted by Crippen LogP contribution is -2.41. The molecule has 1 aliphatic rings. The Morgan fingerprint density at radius 2 is 2.20 bits per heavy atom. The molecule has 2 amide bonds. The summed E-state index contributed by atoms with van der Waals surface area (Å²) < 4.78 is 0. The minimum Gasteiger partial charge on any atom is -0.395 e. The van der Waals surface area contributed by atoms with Gasteiger partial charge in [0.2, 0.25) is 11.8 Å². The molecule has 0 bridgehead atoms. The van der Waals surface area contributed by atoms with Gasteiger partial charge < -0.3 is 20.4 Å². The van der Waals surface area contributed by atoms with Crippen molar-refractivity contribution >= 4 is 11.8 Å². The highest BCUT2D eigenvalue weighted by Gasteiger charge is 2.30. The van der Waals surface area contributed by atoms with Gasteiger partial charge in [-0.25, -0.2) is 0 Å². The Kier molecular flexibility index (Phi) is 7.25. The van der Waals surface area contributed by atoms with Crippen molar-refractivity contribution in [3.05, 3.63) is 12.7 Å². The van der Waals surface area contributed by atoms with Crippen molar-refractivity contribution in [3.63, 3.8) is 0 Å². The quantitative estimate of drug-likeness (QED) is 0.532. The van der Waals surface area contributed by atoms with E-state index in [1.54, 1.807) is 11.0 Å². The molecular weight excluding hydrogens is 260 g/mol. The minimum absolute atomic E-state index is 0.0332. The molecule has 1 fully saturated rings. The van der Waals surface area contributed by atoms with Crippen molar-refractivity contribution in [1.29, 1.82) is 0 Å². The Morgan fingerprint density at radius 1 is 1.45 bits per heavy atom. The van der Waals surface area contributed by atoms with E-state index in [2.05, 4.69) is 11.9 Å². The number of nitrogens with zero attached hydrogens (tertiary/aromatic N) is 1. The smallest absolute Gasteiger partial charge is 0.224 e. The van der Waals surface area contributed by atoms with E-state index in [0.717, 1.165) is 12.8 Å². The Balaban J connectivity index is 2.57. The van der Waals surface area contributed by atoms with Gasteiger partial charge in [0.1, 0.15) is 0 Å². The van der Waals surface area contributed by atoms with E-state index in [-0.39, 0.29) is 44.0 Å². The molecular formula is C14H24N2O4. The first-order valence-corrected chi connectivity index (χ1v) is 7.03. The van der Waals surface area contributed by atoms with Gasteiger partial charge in [-0.2, -0.15) is 0 Å². The van der Waals surface area contributed by atoms with Gasteiger partial charge in [0, 0.05) is 19.5 Å². The molecule has 6 heteroatoms. The zero-order valence-corrected chi connectivity index (χ0v) is 11.8. The monoisotopic (exact) mass is 284 g/mol. The van der Waals surface area contributed by atoms with Crippen LogP contribution in [-0.4, -0.2) is 59.3 Å². The van der Waals surface area contributed by atoms with Crippen LogP contribution >= 0.6 is 0 Å². The third-order valence-electron chi connectivity index (χ3n) is 3.56. The lowest BCUT2D eigenvalue weighted by molar-refractivity contribution is -0.137. The van der Waals surface area contributed by atoms with Crippen LogP contribution in [0.25, 0.3) is 0 Å². The number of hydrogen-bond acceptors (Lipinski definition) is 4. The van der Waals surface area contributed by atoms with Gasteiger partial charge in [-0.3, -0.25) is 9.59 Å². The molecule has 0 aliphatic carbocycles. The van der Waals surface area contributed by atoms with Crippen LogP contribution < -0.4 is 5.32 Å². The molecule has 0 aromatic rings. The van der Waals surface area contributed by atoms with E-state index in [0.29, 0.717) is 13.0 Å². The molecule has 2 atom stereocenters. The van der Waals surface area contributed by atoms with Crippen molar-refractivity contribution in [2.45, 2.75) is 31.7 Å². The Labute approximate surface area is 119 Å². The number of nitrogens with one attached hydrogen (secondary N) is 1. The number of allylic oxidation sites excluding steroid dienone is 1. The van der Waals surface area contributed by atoms with Crippen molar-refractivity contribution in [2.24, 2.45) is 5.92 Å². The molecule has 0 unspecified atom stereocenters. The van der Waals surface area contributed by atoms with Crippen LogP contribution in [0.5, 0.6) is 0 Å². The van der Waals surface area contributed by atoms with Crippen LogP contribution in [-0.2, 0) is 9.59 Å². The first kappa shape index (κ1) is 16.7. The van der Waals surface area contributed by atoms with E-state index in [1.807, 2.05) is 0 Å². The van der Waals surface area contributed by atoms with Crippen molar-refractivity contribution in [3.8, 4) is 0 Å². The summed E-state index contributed by atoms with van der Waals surface area (Å²) in [5, 5.41) is 20.5. The lowest BCUT2D eigenvalue weighted by atomic mass is 9.99. The van der Waals surface area contributed by atoms with Crippen molar-refractivity contribution in [1.82, 2.24) is 10.2 Å². The van der Waals surface area contributed by atoms with E-state index >= 15 is 0 Å². The van der Waals surface area contributed by atoms with Crippen LogP contribution in [0, 0.1) is 5.92 Å². The summed E-state index contributed by atoms with van der Waals surface area (Å²) in [6.07, 6.45) is 3.84. The first-order valence-electron chi connectivity index (χ1n) is 7.03. The summed E-state index contributed by atoms with van der Waals surface area (Å²) in [6, 6.07) is -0.118. The van der Waals surface area contributed by atoms with Gasteiger partial charge in [-0.1, -0.05) is 6.08 Å². The van der Waals surface area contributed by atoms with Gasteiger partial charge in [-0.05, 0) is 19.3 Å². The molecule has 1 aliphatic heterocycles. The van der Waals surface area contributed by atoms with E-state index in [9.17, 15) is 14.7 Å². The third kappa shape index (κ3) is 4.61. The van der Waals surface area contributed by atoms with Crippen LogP contribution in [0.3, 0.4) is 0 Å². The van der Waals surface area contributed by atoms with Crippen LogP contribution in [0.2, 0.25) is 0 Å². The SMILES string of the molecule is C=CC[C@@H](CC(=O)N1CCC[C@H]1CO)C(=O)NCCO. The highest BCUT2D eigenvalue weighted by atomic mass is 16.3. The molecule has 0 aromatic carbocycles.